The first kappa shape index (κ1) is 27.5. The number of rotatable bonds is 13. The molecule has 0 unspecified atom stereocenters. The number of carbonyl (C=O) groups is 2. The zero-order valence-corrected chi connectivity index (χ0v) is 19.7. The zero-order valence-electron chi connectivity index (χ0n) is 18.7. The van der Waals surface area contributed by atoms with E-state index < -0.39 is 12.5 Å². The third kappa shape index (κ3) is 9.33. The summed E-state index contributed by atoms with van der Waals surface area (Å²) in [5, 5.41) is 15.4. The SMILES string of the molecule is CCCCN(CCCC)CC(=O)[N-]c1ccccc1C(=NCC(=O)[O-])c1ccccc1.[Ni+3]. The number of carboxylic acid groups (broad SMARTS) is 1. The normalized spacial score (nSPS) is 11.2. The van der Waals surface area contributed by atoms with E-state index in [-0.39, 0.29) is 28.9 Å². The molecule has 0 N–H and O–H groups in total. The van der Waals surface area contributed by atoms with Gasteiger partial charge < -0.3 is 20.0 Å². The van der Waals surface area contributed by atoms with Gasteiger partial charge in [-0.2, -0.15) is 0 Å². The van der Waals surface area contributed by atoms with Gasteiger partial charge in [0.2, 0.25) is 0 Å². The minimum absolute atomic E-state index is 0. The Labute approximate surface area is 201 Å². The van der Waals surface area contributed by atoms with E-state index in [2.05, 4.69) is 29.1 Å². The average molecular weight is 480 g/mol. The summed E-state index contributed by atoms with van der Waals surface area (Å²) in [6, 6.07) is 16.5. The van der Waals surface area contributed by atoms with Gasteiger partial charge in [0.15, 0.2) is 0 Å². The Bertz CT molecular complexity index is 864. The van der Waals surface area contributed by atoms with Crippen LogP contribution in [0.15, 0.2) is 59.6 Å². The molecule has 0 fully saturated rings. The average Bonchev–Trinajstić information content (AvgIpc) is 2.77. The summed E-state index contributed by atoms with van der Waals surface area (Å²) in [5.41, 5.74) is 2.34. The summed E-state index contributed by atoms with van der Waals surface area (Å²) >= 11 is 0. The van der Waals surface area contributed by atoms with E-state index >= 15 is 0 Å². The molecular weight excluding hydrogens is 449 g/mol. The zero-order chi connectivity index (χ0) is 22.5. The monoisotopic (exact) mass is 479 g/mol. The van der Waals surface area contributed by atoms with Crippen molar-refractivity contribution in [2.24, 2.45) is 4.99 Å². The molecule has 1 amide bonds. The van der Waals surface area contributed by atoms with Gasteiger partial charge in [0.25, 0.3) is 0 Å². The fourth-order valence-corrected chi connectivity index (χ4v) is 3.24. The molecule has 0 spiro atoms. The first-order valence-electron chi connectivity index (χ1n) is 10.9. The molecule has 0 atom stereocenters. The van der Waals surface area contributed by atoms with Crippen molar-refractivity contribution in [3.05, 3.63) is 71.0 Å². The van der Waals surface area contributed by atoms with Crippen LogP contribution in [0.25, 0.3) is 5.32 Å². The molecule has 0 aromatic heterocycles. The van der Waals surface area contributed by atoms with Crippen LogP contribution < -0.4 is 5.11 Å². The smallest absolute Gasteiger partial charge is 0.625 e. The Hall–Kier alpha value is -2.50. The third-order valence-electron chi connectivity index (χ3n) is 4.83. The van der Waals surface area contributed by atoms with Gasteiger partial charge in [0.1, 0.15) is 0 Å². The molecule has 32 heavy (non-hydrogen) atoms. The number of nitrogens with zero attached hydrogens (tertiary/aromatic N) is 3. The molecule has 0 aliphatic rings. The van der Waals surface area contributed by atoms with Crippen molar-refractivity contribution in [2.45, 2.75) is 39.5 Å². The number of para-hydroxylation sites is 1. The van der Waals surface area contributed by atoms with Crippen LogP contribution in [0.2, 0.25) is 0 Å². The topological polar surface area (TPSA) is 86.9 Å². The van der Waals surface area contributed by atoms with Crippen molar-refractivity contribution in [3.63, 3.8) is 0 Å². The maximum Gasteiger partial charge on any atom is 3.00 e. The van der Waals surface area contributed by atoms with E-state index in [9.17, 15) is 14.7 Å². The fourth-order valence-electron chi connectivity index (χ4n) is 3.24. The van der Waals surface area contributed by atoms with E-state index in [0.717, 1.165) is 44.3 Å². The molecule has 2 rings (SSSR count). The van der Waals surface area contributed by atoms with Gasteiger partial charge >= 0.3 is 16.5 Å². The molecule has 0 aliphatic carbocycles. The van der Waals surface area contributed by atoms with Gasteiger partial charge in [-0.3, -0.25) is 9.89 Å². The van der Waals surface area contributed by atoms with Crippen molar-refractivity contribution in [2.75, 3.05) is 26.2 Å². The molecule has 0 bridgehead atoms. The Morgan fingerprint density at radius 3 is 2.12 bits per heavy atom. The van der Waals surface area contributed by atoms with E-state index in [1.54, 1.807) is 12.1 Å². The van der Waals surface area contributed by atoms with Crippen LogP contribution >= 0.6 is 0 Å². The van der Waals surface area contributed by atoms with E-state index in [1.807, 2.05) is 42.5 Å². The van der Waals surface area contributed by atoms with Gasteiger partial charge in [0, 0.05) is 12.1 Å². The van der Waals surface area contributed by atoms with Crippen molar-refractivity contribution < 1.29 is 31.2 Å². The molecule has 0 aliphatic heterocycles. The molecule has 0 saturated heterocycles. The van der Waals surface area contributed by atoms with Crippen LogP contribution in [0, 0.1) is 0 Å². The summed E-state index contributed by atoms with van der Waals surface area (Å²) in [4.78, 5) is 30.2. The van der Waals surface area contributed by atoms with Crippen molar-refractivity contribution in [1.82, 2.24) is 4.90 Å². The largest absolute Gasteiger partial charge is 3.00 e. The molecule has 0 saturated carbocycles. The number of benzene rings is 2. The molecule has 2 aromatic rings. The van der Waals surface area contributed by atoms with Crippen LogP contribution in [0.1, 0.15) is 50.7 Å². The first-order chi connectivity index (χ1) is 15.0. The minimum Gasteiger partial charge on any atom is -0.625 e. The number of unbranched alkanes of at least 4 members (excludes halogenated alkanes) is 2. The molecule has 2 aromatic carbocycles. The molecule has 173 valence electrons. The maximum absolute atomic E-state index is 12.8. The minimum atomic E-state index is -1.26. The van der Waals surface area contributed by atoms with Crippen molar-refractivity contribution >= 4 is 23.3 Å². The molecule has 0 heterocycles. The van der Waals surface area contributed by atoms with E-state index in [4.69, 9.17) is 0 Å². The number of hydrogen-bond donors (Lipinski definition) is 0. The number of aliphatic imine (C=N–C) groups is 1. The van der Waals surface area contributed by atoms with Gasteiger partial charge in [0.05, 0.1) is 24.1 Å². The van der Waals surface area contributed by atoms with Crippen molar-refractivity contribution in [1.29, 1.82) is 0 Å². The summed E-state index contributed by atoms with van der Waals surface area (Å²) in [6.07, 6.45) is 4.24. The predicted molar refractivity (Wildman–Crippen MR) is 123 cm³/mol. The van der Waals surface area contributed by atoms with E-state index in [0.29, 0.717) is 17.0 Å². The number of aliphatic carboxylic acids is 1. The second-order valence-corrected chi connectivity index (χ2v) is 7.41. The second-order valence-electron chi connectivity index (χ2n) is 7.41. The Balaban J connectivity index is 0.00000512. The first-order valence-corrected chi connectivity index (χ1v) is 10.9. The molecule has 1 radical (unpaired) electrons. The van der Waals surface area contributed by atoms with Crippen LogP contribution in [-0.4, -0.2) is 48.7 Å². The van der Waals surface area contributed by atoms with Gasteiger partial charge in [-0.15, -0.1) is 5.69 Å². The predicted octanol–water partition coefficient (Wildman–Crippen LogP) is 3.71. The van der Waals surface area contributed by atoms with Crippen LogP contribution in [0.4, 0.5) is 5.69 Å². The number of carboxylic acids is 1. The second kappa shape index (κ2) is 15.3. The summed E-state index contributed by atoms with van der Waals surface area (Å²) in [7, 11) is 0. The standard InChI is InChI=1S/C25H33N3O3.Ni/c1-3-5-16-28(17-6-4-2)19-23(29)27-22-15-11-10-14-21(22)25(26-18-24(30)31)20-12-8-7-9-13-20;/h7-15H,3-6,16-19H2,1-2H3,(H2,26,27,29,30,31);/q;+3/p-2. The fraction of sp³-hybridized carbons (Fsp3) is 0.400. The molecule has 6 nitrogen and oxygen atoms in total. The van der Waals surface area contributed by atoms with Gasteiger partial charge in [-0.25, -0.2) is 0 Å². The van der Waals surface area contributed by atoms with Crippen molar-refractivity contribution in [3.8, 4) is 0 Å². The third-order valence-corrected chi connectivity index (χ3v) is 4.83. The molecule has 7 heteroatoms. The number of hydrogen-bond acceptors (Lipinski definition) is 5. The number of carbonyl (C=O) groups excluding carboxylic acids is 2. The number of amides is 1. The van der Waals surface area contributed by atoms with Gasteiger partial charge in [-0.05, 0) is 31.5 Å². The molecular formula is C25H31N3NiO3+. The summed E-state index contributed by atoms with van der Waals surface area (Å²) in [6.45, 7) is 5.83. The maximum atomic E-state index is 12.8. The van der Waals surface area contributed by atoms with Crippen LogP contribution in [0.3, 0.4) is 0 Å². The Kier molecular flexibility index (Phi) is 13.2. The van der Waals surface area contributed by atoms with Gasteiger partial charge in [-0.1, -0.05) is 81.3 Å². The Morgan fingerprint density at radius 1 is 0.938 bits per heavy atom. The van der Waals surface area contributed by atoms with E-state index in [1.165, 1.54) is 0 Å². The quantitative estimate of drug-likeness (QED) is 0.323. The van der Waals surface area contributed by atoms with Crippen LogP contribution in [0.5, 0.6) is 0 Å². The summed E-state index contributed by atoms with van der Waals surface area (Å²) in [5.74, 6) is -1.48. The Morgan fingerprint density at radius 2 is 1.53 bits per heavy atom. The van der Waals surface area contributed by atoms with Crippen LogP contribution in [-0.2, 0) is 26.1 Å². The summed E-state index contributed by atoms with van der Waals surface area (Å²) < 4.78 is 0.